The molecule has 3 heteroatoms. The SMILES string of the molecule is O=[C]NC1COC1. The fraction of sp³-hybridized carbons (Fsp3) is 0.750. The van der Waals surface area contributed by atoms with Crippen LogP contribution in [0.2, 0.25) is 0 Å². The molecule has 1 N–H and O–H groups in total. The lowest BCUT2D eigenvalue weighted by molar-refractivity contribution is 0.00299. The molecule has 1 aliphatic heterocycles. The summed E-state index contributed by atoms with van der Waals surface area (Å²) in [4.78, 5) is 9.52. The Morgan fingerprint density at radius 2 is 2.43 bits per heavy atom. The summed E-state index contributed by atoms with van der Waals surface area (Å²) in [5.74, 6) is 0. The smallest absolute Gasteiger partial charge is 0.309 e. The molecule has 3 nitrogen and oxygen atoms in total. The molecule has 0 spiro atoms. The summed E-state index contributed by atoms with van der Waals surface area (Å²) >= 11 is 0. The van der Waals surface area contributed by atoms with Crippen molar-refractivity contribution < 1.29 is 9.53 Å². The van der Waals surface area contributed by atoms with Gasteiger partial charge in [0.15, 0.2) is 0 Å². The summed E-state index contributed by atoms with van der Waals surface area (Å²) in [6.07, 6.45) is 1.59. The number of ether oxygens (including phenoxy) is 1. The third-order valence-corrected chi connectivity index (χ3v) is 0.901. The highest BCUT2D eigenvalue weighted by molar-refractivity contribution is 5.47. The van der Waals surface area contributed by atoms with Gasteiger partial charge in [-0.3, -0.25) is 4.79 Å². The Bertz CT molecular complexity index is 70.1. The highest BCUT2D eigenvalue weighted by atomic mass is 16.5. The van der Waals surface area contributed by atoms with E-state index in [1.807, 2.05) is 0 Å². The first kappa shape index (κ1) is 4.59. The first-order valence-corrected chi connectivity index (χ1v) is 2.14. The Balaban J connectivity index is 2.03. The molecular formula is C4H6NO2. The van der Waals surface area contributed by atoms with Crippen molar-refractivity contribution in [2.75, 3.05) is 13.2 Å². The van der Waals surface area contributed by atoms with Crippen LogP contribution in [0.25, 0.3) is 0 Å². The minimum Gasteiger partial charge on any atom is -0.377 e. The van der Waals surface area contributed by atoms with E-state index in [-0.39, 0.29) is 6.04 Å². The van der Waals surface area contributed by atoms with Gasteiger partial charge >= 0.3 is 6.41 Å². The second kappa shape index (κ2) is 1.93. The van der Waals surface area contributed by atoms with Crippen LogP contribution in [0.15, 0.2) is 0 Å². The van der Waals surface area contributed by atoms with Gasteiger partial charge < -0.3 is 10.1 Å². The molecule has 1 rings (SSSR count). The number of hydrogen-bond acceptors (Lipinski definition) is 2. The van der Waals surface area contributed by atoms with Crippen molar-refractivity contribution in [3.8, 4) is 0 Å². The summed E-state index contributed by atoms with van der Waals surface area (Å²) in [6.45, 7) is 1.30. The fourth-order valence-electron chi connectivity index (χ4n) is 0.402. The number of amides is 1. The van der Waals surface area contributed by atoms with E-state index in [9.17, 15) is 4.79 Å². The van der Waals surface area contributed by atoms with E-state index in [1.54, 1.807) is 6.41 Å². The average Bonchev–Trinajstić information content (AvgIpc) is 1.55. The molecule has 0 bridgehead atoms. The third-order valence-electron chi connectivity index (χ3n) is 0.901. The summed E-state index contributed by atoms with van der Waals surface area (Å²) in [5, 5.41) is 2.45. The van der Waals surface area contributed by atoms with Crippen LogP contribution in [0, 0.1) is 0 Å². The Hall–Kier alpha value is -0.570. The predicted octanol–water partition coefficient (Wildman–Crippen LogP) is -0.958. The summed E-state index contributed by atoms with van der Waals surface area (Å²) < 4.78 is 4.75. The molecule has 1 radical (unpaired) electrons. The van der Waals surface area contributed by atoms with E-state index in [0.29, 0.717) is 13.2 Å². The second-order valence-electron chi connectivity index (χ2n) is 1.48. The first-order valence-electron chi connectivity index (χ1n) is 2.14. The molecule has 1 heterocycles. The van der Waals surface area contributed by atoms with Crippen LogP contribution in [0.4, 0.5) is 0 Å². The number of rotatable bonds is 2. The van der Waals surface area contributed by atoms with Crippen molar-refractivity contribution in [2.24, 2.45) is 0 Å². The van der Waals surface area contributed by atoms with Gasteiger partial charge in [0.05, 0.1) is 19.3 Å². The van der Waals surface area contributed by atoms with Crippen molar-refractivity contribution >= 4 is 6.41 Å². The van der Waals surface area contributed by atoms with E-state index in [4.69, 9.17) is 4.74 Å². The standard InChI is InChI=1S/C4H6NO2/c6-3-5-4-1-7-2-4/h4H,1-2H2,(H,5,6). The molecular weight excluding hydrogens is 94.0 g/mol. The molecule has 1 saturated heterocycles. The molecule has 0 unspecified atom stereocenters. The summed E-state index contributed by atoms with van der Waals surface area (Å²) in [5.41, 5.74) is 0. The van der Waals surface area contributed by atoms with Crippen LogP contribution in [0.1, 0.15) is 0 Å². The summed E-state index contributed by atoms with van der Waals surface area (Å²) in [7, 11) is 0. The Kier molecular flexibility index (Phi) is 1.26. The molecule has 1 amide bonds. The van der Waals surface area contributed by atoms with Crippen LogP contribution in [-0.4, -0.2) is 25.7 Å². The van der Waals surface area contributed by atoms with Gasteiger partial charge in [-0.25, -0.2) is 0 Å². The van der Waals surface area contributed by atoms with E-state index < -0.39 is 0 Å². The molecule has 0 aromatic carbocycles. The Labute approximate surface area is 41.7 Å². The van der Waals surface area contributed by atoms with Crippen molar-refractivity contribution in [3.63, 3.8) is 0 Å². The quantitative estimate of drug-likeness (QED) is 0.454. The van der Waals surface area contributed by atoms with Crippen LogP contribution < -0.4 is 5.32 Å². The van der Waals surface area contributed by atoms with Gasteiger partial charge in [0.2, 0.25) is 0 Å². The molecule has 0 saturated carbocycles. The maximum Gasteiger partial charge on any atom is 0.309 e. The van der Waals surface area contributed by atoms with Crippen LogP contribution in [0.5, 0.6) is 0 Å². The van der Waals surface area contributed by atoms with Gasteiger partial charge in [0.1, 0.15) is 0 Å². The summed E-state index contributed by atoms with van der Waals surface area (Å²) in [6, 6.07) is 0.234. The first-order chi connectivity index (χ1) is 3.43. The maximum atomic E-state index is 9.52. The van der Waals surface area contributed by atoms with Crippen LogP contribution >= 0.6 is 0 Å². The fourth-order valence-corrected chi connectivity index (χ4v) is 0.402. The minimum atomic E-state index is 0.234. The molecule has 1 fully saturated rings. The lowest BCUT2D eigenvalue weighted by Gasteiger charge is -2.23. The van der Waals surface area contributed by atoms with E-state index in [2.05, 4.69) is 5.32 Å². The van der Waals surface area contributed by atoms with Crippen LogP contribution in [0.3, 0.4) is 0 Å². The Morgan fingerprint density at radius 1 is 1.71 bits per heavy atom. The molecule has 0 aromatic rings. The molecule has 39 valence electrons. The lowest BCUT2D eigenvalue weighted by Crippen LogP contribution is -2.45. The van der Waals surface area contributed by atoms with E-state index >= 15 is 0 Å². The molecule has 0 atom stereocenters. The zero-order chi connectivity index (χ0) is 5.11. The number of carbonyl (C=O) groups excluding carboxylic acids is 1. The minimum absolute atomic E-state index is 0.234. The van der Waals surface area contributed by atoms with Gasteiger partial charge in [-0.1, -0.05) is 0 Å². The van der Waals surface area contributed by atoms with Crippen molar-refractivity contribution in [3.05, 3.63) is 0 Å². The normalized spacial score (nSPS) is 20.6. The highest BCUT2D eigenvalue weighted by Crippen LogP contribution is 1.96. The molecule has 0 aliphatic carbocycles. The second-order valence-corrected chi connectivity index (χ2v) is 1.48. The topological polar surface area (TPSA) is 38.3 Å². The maximum absolute atomic E-state index is 9.52. The van der Waals surface area contributed by atoms with Gasteiger partial charge in [-0.2, -0.15) is 0 Å². The third kappa shape index (κ3) is 0.899. The number of nitrogens with one attached hydrogen (secondary N) is 1. The van der Waals surface area contributed by atoms with E-state index in [0.717, 1.165) is 0 Å². The zero-order valence-electron chi connectivity index (χ0n) is 3.81. The number of hydrogen-bond donors (Lipinski definition) is 1. The monoisotopic (exact) mass is 100 g/mol. The van der Waals surface area contributed by atoms with Crippen molar-refractivity contribution in [1.82, 2.24) is 5.32 Å². The van der Waals surface area contributed by atoms with Crippen molar-refractivity contribution in [1.29, 1.82) is 0 Å². The van der Waals surface area contributed by atoms with Crippen LogP contribution in [-0.2, 0) is 9.53 Å². The predicted molar refractivity (Wildman–Crippen MR) is 23.4 cm³/mol. The molecule has 1 aliphatic rings. The highest BCUT2D eigenvalue weighted by Gasteiger charge is 2.16. The molecule has 7 heavy (non-hydrogen) atoms. The van der Waals surface area contributed by atoms with Gasteiger partial charge in [0.25, 0.3) is 0 Å². The van der Waals surface area contributed by atoms with Gasteiger partial charge in [-0.15, -0.1) is 0 Å². The lowest BCUT2D eigenvalue weighted by atomic mass is 10.3. The average molecular weight is 100 g/mol. The Morgan fingerprint density at radius 3 is 2.57 bits per heavy atom. The van der Waals surface area contributed by atoms with Gasteiger partial charge in [0, 0.05) is 0 Å². The largest absolute Gasteiger partial charge is 0.377 e. The van der Waals surface area contributed by atoms with Gasteiger partial charge in [-0.05, 0) is 0 Å². The van der Waals surface area contributed by atoms with E-state index in [1.165, 1.54) is 0 Å². The molecule has 0 aromatic heterocycles. The van der Waals surface area contributed by atoms with Crippen molar-refractivity contribution in [2.45, 2.75) is 6.04 Å². The zero-order valence-corrected chi connectivity index (χ0v) is 3.81.